The van der Waals surface area contributed by atoms with Crippen molar-refractivity contribution in [3.8, 4) is 0 Å². The van der Waals surface area contributed by atoms with E-state index in [-0.39, 0.29) is 11.6 Å². The average Bonchev–Trinajstić information content (AvgIpc) is 3.27. The molecule has 1 aromatic carbocycles. The fourth-order valence-corrected chi connectivity index (χ4v) is 2.63. The average molecular weight is 319 g/mol. The van der Waals surface area contributed by atoms with Crippen molar-refractivity contribution < 1.29 is 9.53 Å². The smallest absolute Gasteiger partial charge is 0.407 e. The number of alkyl carbamates (subject to hydrolysis) is 1. The van der Waals surface area contributed by atoms with Gasteiger partial charge in [0.1, 0.15) is 5.60 Å². The summed E-state index contributed by atoms with van der Waals surface area (Å²) < 4.78 is 5.32. The summed E-state index contributed by atoms with van der Waals surface area (Å²) in [5.41, 5.74) is 7.24. The van der Waals surface area contributed by atoms with Crippen molar-refractivity contribution in [1.29, 1.82) is 0 Å². The van der Waals surface area contributed by atoms with Crippen LogP contribution < -0.4 is 16.4 Å². The zero-order valence-corrected chi connectivity index (χ0v) is 14.6. The van der Waals surface area contributed by atoms with Crippen LogP contribution in [0.5, 0.6) is 0 Å². The van der Waals surface area contributed by atoms with Gasteiger partial charge in [-0.25, -0.2) is 4.79 Å². The van der Waals surface area contributed by atoms with Crippen molar-refractivity contribution in [2.75, 3.05) is 12.3 Å². The number of rotatable bonds is 6. The summed E-state index contributed by atoms with van der Waals surface area (Å²) in [7, 11) is 0. The minimum atomic E-state index is -0.480. The van der Waals surface area contributed by atoms with Gasteiger partial charge in [0, 0.05) is 24.3 Å². The number of amides is 1. The van der Waals surface area contributed by atoms with Gasteiger partial charge in [0.2, 0.25) is 0 Å². The number of hydrogen-bond donors (Lipinski definition) is 3. The fraction of sp³-hybridized carbons (Fsp3) is 0.611. The third-order valence-electron chi connectivity index (χ3n) is 4.22. The number of carbonyl (C=O) groups excluding carboxylic acids is 1. The highest BCUT2D eigenvalue weighted by molar-refractivity contribution is 5.67. The second-order valence-corrected chi connectivity index (χ2v) is 7.60. The monoisotopic (exact) mass is 319 g/mol. The van der Waals surface area contributed by atoms with Gasteiger partial charge in [0.15, 0.2) is 0 Å². The van der Waals surface area contributed by atoms with Crippen LogP contribution in [0.15, 0.2) is 24.3 Å². The van der Waals surface area contributed by atoms with Crippen LogP contribution >= 0.6 is 0 Å². The minimum absolute atomic E-state index is 0.154. The lowest BCUT2D eigenvalue weighted by Gasteiger charge is -2.32. The number of nitrogens with two attached hydrogens (primary N) is 1. The maximum Gasteiger partial charge on any atom is 0.407 e. The number of benzene rings is 1. The molecular formula is C18H29N3O2. The molecule has 0 aromatic heterocycles. The Morgan fingerprint density at radius 2 is 1.91 bits per heavy atom. The van der Waals surface area contributed by atoms with Crippen LogP contribution in [0.3, 0.4) is 0 Å². The van der Waals surface area contributed by atoms with Crippen LogP contribution in [-0.2, 0) is 11.3 Å². The van der Waals surface area contributed by atoms with E-state index in [1.807, 2.05) is 45.0 Å². The lowest BCUT2D eigenvalue weighted by molar-refractivity contribution is 0.0507. The van der Waals surface area contributed by atoms with Crippen molar-refractivity contribution in [2.45, 2.75) is 58.2 Å². The summed E-state index contributed by atoms with van der Waals surface area (Å²) in [6, 6.07) is 7.85. The molecule has 5 heteroatoms. The molecule has 1 aromatic rings. The Hall–Kier alpha value is -1.75. The molecular weight excluding hydrogens is 290 g/mol. The predicted octanol–water partition coefficient (Wildman–Crippen LogP) is 3.05. The Labute approximate surface area is 139 Å². The Bertz CT molecular complexity index is 549. The lowest BCUT2D eigenvalue weighted by atomic mass is 9.95. The molecule has 128 valence electrons. The molecule has 5 nitrogen and oxygen atoms in total. The Balaban J connectivity index is 1.91. The van der Waals surface area contributed by atoms with Gasteiger partial charge in [0.25, 0.3) is 0 Å². The number of carbonyl (C=O) groups is 1. The maximum absolute atomic E-state index is 11.9. The fourth-order valence-electron chi connectivity index (χ4n) is 2.63. The summed E-state index contributed by atoms with van der Waals surface area (Å²) in [6.45, 7) is 8.98. The predicted molar refractivity (Wildman–Crippen MR) is 93.1 cm³/mol. The highest BCUT2D eigenvalue weighted by atomic mass is 16.6. The van der Waals surface area contributed by atoms with Crippen molar-refractivity contribution in [1.82, 2.24) is 10.6 Å². The van der Waals surface area contributed by atoms with Crippen LogP contribution in [0, 0.1) is 5.92 Å². The second kappa shape index (κ2) is 6.79. The Kier molecular flexibility index (Phi) is 5.19. The molecule has 0 radical (unpaired) electrons. The van der Waals surface area contributed by atoms with Gasteiger partial charge in [-0.15, -0.1) is 0 Å². The highest BCUT2D eigenvalue weighted by Gasteiger charge is 2.41. The van der Waals surface area contributed by atoms with Crippen molar-refractivity contribution in [3.63, 3.8) is 0 Å². The van der Waals surface area contributed by atoms with E-state index in [0.717, 1.165) is 11.3 Å². The summed E-state index contributed by atoms with van der Waals surface area (Å²) in [5, 5.41) is 6.48. The van der Waals surface area contributed by atoms with Gasteiger partial charge >= 0.3 is 6.09 Å². The van der Waals surface area contributed by atoms with Gasteiger partial charge in [-0.1, -0.05) is 18.2 Å². The number of ether oxygens (including phenoxy) is 1. The molecule has 1 aliphatic carbocycles. The molecule has 23 heavy (non-hydrogen) atoms. The Morgan fingerprint density at radius 1 is 1.26 bits per heavy atom. The van der Waals surface area contributed by atoms with Gasteiger partial charge in [-0.3, -0.25) is 0 Å². The molecule has 0 saturated heterocycles. The molecule has 0 bridgehead atoms. The van der Waals surface area contributed by atoms with Gasteiger partial charge in [0.05, 0.1) is 0 Å². The lowest BCUT2D eigenvalue weighted by Crippen LogP contribution is -2.53. The van der Waals surface area contributed by atoms with E-state index in [4.69, 9.17) is 10.5 Å². The molecule has 2 rings (SSSR count). The SMILES string of the molecule is CC(C)(C)OC(=O)NCC(C)(NCc1ccccc1N)C1CC1. The molecule has 4 N–H and O–H groups in total. The number of para-hydroxylation sites is 1. The van der Waals surface area contributed by atoms with Crippen molar-refractivity contribution in [2.24, 2.45) is 5.92 Å². The molecule has 1 aliphatic rings. The molecule has 1 fully saturated rings. The topological polar surface area (TPSA) is 76.4 Å². The van der Waals surface area contributed by atoms with E-state index >= 15 is 0 Å². The first-order chi connectivity index (χ1) is 10.7. The number of nitrogens with one attached hydrogen (secondary N) is 2. The third kappa shape index (κ3) is 5.43. The first kappa shape index (κ1) is 17.6. The summed E-state index contributed by atoms with van der Waals surface area (Å²) in [6.07, 6.45) is 2.00. The summed E-state index contributed by atoms with van der Waals surface area (Å²) >= 11 is 0. The van der Waals surface area contributed by atoms with E-state index in [1.54, 1.807) is 0 Å². The largest absolute Gasteiger partial charge is 0.444 e. The van der Waals surface area contributed by atoms with Gasteiger partial charge in [-0.05, 0) is 58.1 Å². The molecule has 1 saturated carbocycles. The number of nitrogen functional groups attached to an aromatic ring is 1. The van der Waals surface area contributed by atoms with Crippen molar-refractivity contribution in [3.05, 3.63) is 29.8 Å². The first-order valence-electron chi connectivity index (χ1n) is 8.25. The van der Waals surface area contributed by atoms with E-state index in [1.165, 1.54) is 12.8 Å². The molecule has 1 unspecified atom stereocenters. The molecule has 0 aliphatic heterocycles. The normalized spacial score (nSPS) is 17.4. The third-order valence-corrected chi connectivity index (χ3v) is 4.22. The molecule has 1 atom stereocenters. The zero-order chi connectivity index (χ0) is 17.1. The first-order valence-corrected chi connectivity index (χ1v) is 8.25. The van der Waals surface area contributed by atoms with Crippen LogP contribution in [0.1, 0.15) is 46.1 Å². The summed E-state index contributed by atoms with van der Waals surface area (Å²) in [5.74, 6) is 0.572. The van der Waals surface area contributed by atoms with E-state index in [9.17, 15) is 4.79 Å². The maximum atomic E-state index is 11.9. The van der Waals surface area contributed by atoms with E-state index in [0.29, 0.717) is 19.0 Å². The summed E-state index contributed by atoms with van der Waals surface area (Å²) in [4.78, 5) is 11.9. The Morgan fingerprint density at radius 3 is 2.48 bits per heavy atom. The number of hydrogen-bond acceptors (Lipinski definition) is 4. The molecule has 0 spiro atoms. The van der Waals surface area contributed by atoms with Crippen LogP contribution in [-0.4, -0.2) is 23.8 Å². The minimum Gasteiger partial charge on any atom is -0.444 e. The number of anilines is 1. The quantitative estimate of drug-likeness (QED) is 0.704. The highest BCUT2D eigenvalue weighted by Crippen LogP contribution is 2.39. The molecule has 0 heterocycles. The second-order valence-electron chi connectivity index (χ2n) is 7.60. The van der Waals surface area contributed by atoms with E-state index < -0.39 is 5.60 Å². The van der Waals surface area contributed by atoms with Crippen LogP contribution in [0.25, 0.3) is 0 Å². The van der Waals surface area contributed by atoms with Crippen LogP contribution in [0.2, 0.25) is 0 Å². The van der Waals surface area contributed by atoms with E-state index in [2.05, 4.69) is 17.6 Å². The van der Waals surface area contributed by atoms with Gasteiger partial charge < -0.3 is 21.1 Å². The van der Waals surface area contributed by atoms with Gasteiger partial charge in [-0.2, -0.15) is 0 Å². The standard InChI is InChI=1S/C18H29N3O2/c1-17(2,3)23-16(22)20-12-18(4,14-9-10-14)21-11-13-7-5-6-8-15(13)19/h5-8,14,21H,9-12,19H2,1-4H3,(H,20,22). The molecule has 1 amide bonds. The van der Waals surface area contributed by atoms with Crippen LogP contribution in [0.4, 0.5) is 10.5 Å². The zero-order valence-electron chi connectivity index (χ0n) is 14.6. The van der Waals surface area contributed by atoms with Crippen molar-refractivity contribution >= 4 is 11.8 Å².